The van der Waals surface area contributed by atoms with Crippen molar-refractivity contribution in [3.05, 3.63) is 78.0 Å². The molecule has 4 rings (SSSR count). The Balaban J connectivity index is 1.39. The van der Waals surface area contributed by atoms with Crippen LogP contribution < -0.4 is 5.32 Å². The van der Waals surface area contributed by atoms with Gasteiger partial charge in [0.25, 0.3) is 0 Å². The molecule has 1 aliphatic rings. The molecule has 2 atom stereocenters. The third-order valence-corrected chi connectivity index (χ3v) is 5.23. The first-order chi connectivity index (χ1) is 12.3. The van der Waals surface area contributed by atoms with Gasteiger partial charge in [-0.1, -0.05) is 54.6 Å². The van der Waals surface area contributed by atoms with E-state index in [9.17, 15) is 0 Å². The van der Waals surface area contributed by atoms with Crippen LogP contribution in [-0.4, -0.2) is 28.5 Å². The van der Waals surface area contributed by atoms with Gasteiger partial charge in [0.05, 0.1) is 5.52 Å². The van der Waals surface area contributed by atoms with Crippen molar-refractivity contribution >= 4 is 10.9 Å². The lowest BCUT2D eigenvalue weighted by atomic mass is 10.1. The fraction of sp³-hybridized carbons (Fsp3) is 0.318. The van der Waals surface area contributed by atoms with Gasteiger partial charge in [0.1, 0.15) is 0 Å². The molecular formula is C22H25N3. The monoisotopic (exact) mass is 331 g/mol. The van der Waals surface area contributed by atoms with E-state index in [1.807, 2.05) is 12.3 Å². The van der Waals surface area contributed by atoms with E-state index in [2.05, 4.69) is 76.7 Å². The number of rotatable bonds is 5. The highest BCUT2D eigenvalue weighted by Gasteiger charge is 2.28. The second-order valence-corrected chi connectivity index (χ2v) is 7.07. The molecule has 1 fully saturated rings. The third-order valence-electron chi connectivity index (χ3n) is 5.23. The minimum absolute atomic E-state index is 0.540. The summed E-state index contributed by atoms with van der Waals surface area (Å²) in [4.78, 5) is 7.14. The van der Waals surface area contributed by atoms with E-state index in [0.29, 0.717) is 12.1 Å². The molecule has 2 aromatic carbocycles. The molecule has 2 heterocycles. The topological polar surface area (TPSA) is 28.2 Å². The maximum atomic E-state index is 4.56. The van der Waals surface area contributed by atoms with E-state index in [1.54, 1.807) is 0 Å². The molecule has 1 saturated heterocycles. The van der Waals surface area contributed by atoms with E-state index in [4.69, 9.17) is 0 Å². The Morgan fingerprint density at radius 2 is 1.88 bits per heavy atom. The van der Waals surface area contributed by atoms with Crippen LogP contribution in [0.3, 0.4) is 0 Å². The highest BCUT2D eigenvalue weighted by Crippen LogP contribution is 2.21. The lowest BCUT2D eigenvalue weighted by Gasteiger charge is -2.21. The summed E-state index contributed by atoms with van der Waals surface area (Å²) in [5, 5.41) is 4.97. The highest BCUT2D eigenvalue weighted by molar-refractivity contribution is 5.81. The minimum atomic E-state index is 0.540. The molecule has 0 aliphatic carbocycles. The maximum Gasteiger partial charge on any atom is 0.0746 e. The minimum Gasteiger partial charge on any atom is -0.309 e. The second-order valence-electron chi connectivity index (χ2n) is 7.07. The zero-order valence-electron chi connectivity index (χ0n) is 14.7. The SMILES string of the molecule is CC1CC(NCc2cccc3cccnc23)CN1Cc1ccccc1. The molecular weight excluding hydrogens is 306 g/mol. The first-order valence-electron chi connectivity index (χ1n) is 9.13. The first kappa shape index (κ1) is 16.2. The van der Waals surface area contributed by atoms with Crippen molar-refractivity contribution in [3.8, 4) is 0 Å². The van der Waals surface area contributed by atoms with Gasteiger partial charge in [0.2, 0.25) is 0 Å². The Labute approximate surface area is 149 Å². The van der Waals surface area contributed by atoms with E-state index >= 15 is 0 Å². The Morgan fingerprint density at radius 1 is 1.04 bits per heavy atom. The van der Waals surface area contributed by atoms with Crippen molar-refractivity contribution in [2.24, 2.45) is 0 Å². The van der Waals surface area contributed by atoms with Gasteiger partial charge in [-0.05, 0) is 30.5 Å². The number of benzene rings is 2. The van der Waals surface area contributed by atoms with Crippen LogP contribution in [0.25, 0.3) is 10.9 Å². The van der Waals surface area contributed by atoms with Crippen molar-refractivity contribution < 1.29 is 0 Å². The number of nitrogens with one attached hydrogen (secondary N) is 1. The summed E-state index contributed by atoms with van der Waals surface area (Å²) >= 11 is 0. The van der Waals surface area contributed by atoms with Gasteiger partial charge in [-0.3, -0.25) is 9.88 Å². The van der Waals surface area contributed by atoms with Gasteiger partial charge in [0.15, 0.2) is 0 Å². The van der Waals surface area contributed by atoms with Crippen LogP contribution in [-0.2, 0) is 13.1 Å². The number of pyridine rings is 1. The summed E-state index contributed by atoms with van der Waals surface area (Å²) in [6.45, 7) is 5.36. The van der Waals surface area contributed by atoms with Crippen LogP contribution in [0.1, 0.15) is 24.5 Å². The van der Waals surface area contributed by atoms with Crippen molar-refractivity contribution in [1.82, 2.24) is 15.2 Å². The van der Waals surface area contributed by atoms with Crippen LogP contribution in [0.5, 0.6) is 0 Å². The second kappa shape index (κ2) is 7.34. The van der Waals surface area contributed by atoms with Gasteiger partial charge in [-0.25, -0.2) is 0 Å². The summed E-state index contributed by atoms with van der Waals surface area (Å²) in [5.74, 6) is 0. The number of para-hydroxylation sites is 1. The van der Waals surface area contributed by atoms with E-state index in [0.717, 1.165) is 25.2 Å². The van der Waals surface area contributed by atoms with Crippen molar-refractivity contribution in [1.29, 1.82) is 0 Å². The van der Waals surface area contributed by atoms with Crippen LogP contribution in [0, 0.1) is 0 Å². The summed E-state index contributed by atoms with van der Waals surface area (Å²) < 4.78 is 0. The molecule has 0 bridgehead atoms. The van der Waals surface area contributed by atoms with Crippen molar-refractivity contribution in [3.63, 3.8) is 0 Å². The number of likely N-dealkylation sites (tertiary alicyclic amines) is 1. The van der Waals surface area contributed by atoms with Crippen LogP contribution in [0.2, 0.25) is 0 Å². The molecule has 1 aromatic heterocycles. The third kappa shape index (κ3) is 3.73. The lowest BCUT2D eigenvalue weighted by Crippen LogP contribution is -2.32. The maximum absolute atomic E-state index is 4.56. The van der Waals surface area contributed by atoms with Gasteiger partial charge < -0.3 is 5.32 Å². The summed E-state index contributed by atoms with van der Waals surface area (Å²) in [6, 6.07) is 22.5. The number of aromatic nitrogens is 1. The molecule has 1 N–H and O–H groups in total. The molecule has 25 heavy (non-hydrogen) atoms. The quantitative estimate of drug-likeness (QED) is 0.766. The Bertz CT molecular complexity index is 826. The first-order valence-corrected chi connectivity index (χ1v) is 9.13. The zero-order chi connectivity index (χ0) is 17.1. The molecule has 0 radical (unpaired) electrons. The van der Waals surface area contributed by atoms with Crippen LogP contribution in [0.15, 0.2) is 66.9 Å². The summed E-state index contributed by atoms with van der Waals surface area (Å²) in [7, 11) is 0. The molecule has 0 amide bonds. The molecule has 0 saturated carbocycles. The standard InChI is InChI=1S/C22H25N3/c1-17-13-21(16-25(17)15-18-7-3-2-4-8-18)24-14-20-10-5-9-19-11-6-12-23-22(19)20/h2-12,17,21,24H,13-16H2,1H3. The van der Waals surface area contributed by atoms with Crippen LogP contribution >= 0.6 is 0 Å². The smallest absolute Gasteiger partial charge is 0.0746 e. The van der Waals surface area contributed by atoms with Crippen molar-refractivity contribution in [2.45, 2.75) is 38.5 Å². The molecule has 2 unspecified atom stereocenters. The number of fused-ring (bicyclic) bond motifs is 1. The lowest BCUT2D eigenvalue weighted by molar-refractivity contribution is 0.257. The Kier molecular flexibility index (Phi) is 4.77. The Morgan fingerprint density at radius 3 is 2.76 bits per heavy atom. The van der Waals surface area contributed by atoms with E-state index < -0.39 is 0 Å². The average Bonchev–Trinajstić information content (AvgIpc) is 3.00. The summed E-state index contributed by atoms with van der Waals surface area (Å²) in [6.07, 6.45) is 3.08. The van der Waals surface area contributed by atoms with Gasteiger partial charge in [0, 0.05) is 43.3 Å². The van der Waals surface area contributed by atoms with Gasteiger partial charge in [-0.2, -0.15) is 0 Å². The molecule has 128 valence electrons. The molecule has 0 spiro atoms. The number of hydrogen-bond donors (Lipinski definition) is 1. The predicted octanol–water partition coefficient (Wildman–Crippen LogP) is 3.99. The normalized spacial score (nSPS) is 21.0. The number of hydrogen-bond acceptors (Lipinski definition) is 3. The molecule has 3 aromatic rings. The largest absolute Gasteiger partial charge is 0.309 e. The van der Waals surface area contributed by atoms with Crippen molar-refractivity contribution in [2.75, 3.05) is 6.54 Å². The van der Waals surface area contributed by atoms with Gasteiger partial charge >= 0.3 is 0 Å². The zero-order valence-corrected chi connectivity index (χ0v) is 14.7. The average molecular weight is 331 g/mol. The fourth-order valence-electron chi connectivity index (χ4n) is 3.85. The molecule has 3 heteroatoms. The van der Waals surface area contributed by atoms with Crippen LogP contribution in [0.4, 0.5) is 0 Å². The van der Waals surface area contributed by atoms with E-state index in [-0.39, 0.29) is 0 Å². The summed E-state index contributed by atoms with van der Waals surface area (Å²) in [5.41, 5.74) is 3.80. The predicted molar refractivity (Wildman–Crippen MR) is 103 cm³/mol. The fourth-order valence-corrected chi connectivity index (χ4v) is 3.85. The molecule has 3 nitrogen and oxygen atoms in total. The molecule has 1 aliphatic heterocycles. The van der Waals surface area contributed by atoms with Gasteiger partial charge in [-0.15, -0.1) is 0 Å². The van der Waals surface area contributed by atoms with E-state index in [1.165, 1.54) is 22.9 Å². The number of nitrogens with zero attached hydrogens (tertiary/aromatic N) is 2. The Hall–Kier alpha value is -2.23. The highest BCUT2D eigenvalue weighted by atomic mass is 15.2.